The largest absolute Gasteiger partial charge is 0.394 e. The Balaban J connectivity index is 3.57. The van der Waals surface area contributed by atoms with Gasteiger partial charge in [0, 0.05) is 0 Å². The van der Waals surface area contributed by atoms with Crippen LogP contribution in [0.25, 0.3) is 0 Å². The van der Waals surface area contributed by atoms with Crippen molar-refractivity contribution in [2.75, 3.05) is 6.61 Å². The maximum atomic E-state index is 12.4. The predicted octanol–water partition coefficient (Wildman–Crippen LogP) is 11.5. The highest BCUT2D eigenvalue weighted by Crippen LogP contribution is 2.17. The van der Waals surface area contributed by atoms with Gasteiger partial charge in [0.25, 0.3) is 0 Å². The Morgan fingerprint density at radius 1 is 0.457 bits per heavy atom. The van der Waals surface area contributed by atoms with Crippen LogP contribution in [0.15, 0.2) is 0 Å². The molecule has 0 heterocycles. The monoisotopic (exact) mass is 654 g/mol. The molecule has 3 atom stereocenters. The van der Waals surface area contributed by atoms with Gasteiger partial charge in [-0.05, 0) is 12.8 Å². The van der Waals surface area contributed by atoms with Gasteiger partial charge in [0.05, 0.1) is 31.3 Å². The maximum absolute atomic E-state index is 12.4. The number of rotatable bonds is 38. The predicted molar refractivity (Wildman–Crippen MR) is 199 cm³/mol. The van der Waals surface area contributed by atoms with Crippen LogP contribution in [-0.4, -0.2) is 46.1 Å². The number of carbonyl (C=O) groups is 1. The summed E-state index contributed by atoms with van der Waals surface area (Å²) in [7, 11) is 0. The number of aliphatic hydroxyl groups is 3. The van der Waals surface area contributed by atoms with Crippen LogP contribution in [0.4, 0.5) is 0 Å². The first-order valence-electron chi connectivity index (χ1n) is 20.8. The molecule has 0 aromatic heterocycles. The molecule has 0 rings (SSSR count). The molecule has 0 aliphatic carbocycles. The Morgan fingerprint density at radius 3 is 1.04 bits per heavy atom. The number of nitrogens with one attached hydrogen (secondary N) is 1. The second-order valence-electron chi connectivity index (χ2n) is 14.6. The number of hydrogen-bond acceptors (Lipinski definition) is 4. The third kappa shape index (κ3) is 33.3. The topological polar surface area (TPSA) is 89.8 Å². The second-order valence-corrected chi connectivity index (χ2v) is 14.6. The molecule has 0 saturated carbocycles. The molecule has 276 valence electrons. The summed E-state index contributed by atoms with van der Waals surface area (Å²) in [5, 5.41) is 33.3. The van der Waals surface area contributed by atoms with Crippen molar-refractivity contribution in [3.63, 3.8) is 0 Å². The highest BCUT2D eigenvalue weighted by molar-refractivity contribution is 5.76. The number of hydrogen-bond donors (Lipinski definition) is 4. The normalized spacial score (nSPS) is 13.6. The minimum absolute atomic E-state index is 0.0420. The van der Waals surface area contributed by atoms with Gasteiger partial charge in [0.15, 0.2) is 0 Å². The SMILES string of the molecule is CCCCCCCCCCCCCCCCCCCCCCC(O)C(CO)NC(=O)CC(O)CCCCCCCCCCCCC. The molecule has 0 aromatic carbocycles. The van der Waals surface area contributed by atoms with Gasteiger partial charge >= 0.3 is 0 Å². The van der Waals surface area contributed by atoms with Crippen LogP contribution in [0, 0.1) is 0 Å². The Hall–Kier alpha value is -0.650. The first kappa shape index (κ1) is 45.3. The molecular weight excluding hydrogens is 570 g/mol. The summed E-state index contributed by atoms with van der Waals surface area (Å²) in [6, 6.07) is -0.651. The van der Waals surface area contributed by atoms with Gasteiger partial charge in [-0.2, -0.15) is 0 Å². The zero-order valence-electron chi connectivity index (χ0n) is 31.2. The molecule has 0 spiro atoms. The van der Waals surface area contributed by atoms with Gasteiger partial charge in [-0.15, -0.1) is 0 Å². The lowest BCUT2D eigenvalue weighted by atomic mass is 10.0. The van der Waals surface area contributed by atoms with Crippen molar-refractivity contribution in [3.05, 3.63) is 0 Å². The zero-order chi connectivity index (χ0) is 33.8. The summed E-state index contributed by atoms with van der Waals surface area (Å²) in [4.78, 5) is 12.4. The Bertz CT molecular complexity index is 601. The quantitative estimate of drug-likeness (QED) is 0.0499. The Morgan fingerprint density at radius 2 is 0.739 bits per heavy atom. The fraction of sp³-hybridized carbons (Fsp3) is 0.976. The van der Waals surface area contributed by atoms with Gasteiger partial charge in [0.1, 0.15) is 0 Å². The molecule has 5 heteroatoms. The molecule has 5 nitrogen and oxygen atoms in total. The lowest BCUT2D eigenvalue weighted by Gasteiger charge is -2.23. The third-order valence-electron chi connectivity index (χ3n) is 9.92. The average molecular weight is 654 g/mol. The van der Waals surface area contributed by atoms with Crippen molar-refractivity contribution in [1.29, 1.82) is 0 Å². The van der Waals surface area contributed by atoms with Crippen LogP contribution in [0.3, 0.4) is 0 Å². The van der Waals surface area contributed by atoms with Crippen molar-refractivity contribution in [1.82, 2.24) is 5.32 Å². The summed E-state index contributed by atoms with van der Waals surface area (Å²) in [6.07, 6.45) is 40.7. The van der Waals surface area contributed by atoms with E-state index >= 15 is 0 Å². The molecule has 0 aliphatic rings. The van der Waals surface area contributed by atoms with Crippen molar-refractivity contribution in [2.24, 2.45) is 0 Å². The highest BCUT2D eigenvalue weighted by Gasteiger charge is 2.21. The Labute approximate surface area is 287 Å². The summed E-state index contributed by atoms with van der Waals surface area (Å²) >= 11 is 0. The smallest absolute Gasteiger partial charge is 0.222 e. The molecule has 0 bridgehead atoms. The first-order valence-corrected chi connectivity index (χ1v) is 20.8. The molecule has 0 fully saturated rings. The Kier molecular flexibility index (Phi) is 36.6. The van der Waals surface area contributed by atoms with Crippen LogP contribution < -0.4 is 5.32 Å². The van der Waals surface area contributed by atoms with Gasteiger partial charge in [-0.1, -0.05) is 213 Å². The number of unbranched alkanes of at least 4 members (excludes halogenated alkanes) is 29. The third-order valence-corrected chi connectivity index (χ3v) is 9.92. The van der Waals surface area contributed by atoms with Crippen LogP contribution in [0.1, 0.15) is 232 Å². The van der Waals surface area contributed by atoms with Gasteiger partial charge in [-0.3, -0.25) is 4.79 Å². The summed E-state index contributed by atoms with van der Waals surface area (Å²) in [5.74, 6) is -0.280. The number of amides is 1. The van der Waals surface area contributed by atoms with E-state index in [1.54, 1.807) is 0 Å². The highest BCUT2D eigenvalue weighted by atomic mass is 16.3. The summed E-state index contributed by atoms with van der Waals surface area (Å²) in [5.41, 5.74) is 0. The van der Waals surface area contributed by atoms with Crippen molar-refractivity contribution in [3.8, 4) is 0 Å². The zero-order valence-corrected chi connectivity index (χ0v) is 31.2. The van der Waals surface area contributed by atoms with E-state index < -0.39 is 18.2 Å². The standard InChI is InChI=1S/C41H83NO4/c1-3-5-7-9-11-13-15-16-17-18-19-20-21-22-23-25-27-29-31-33-35-40(45)39(37-43)42-41(46)36-38(44)34-32-30-28-26-24-14-12-10-8-6-4-2/h38-40,43-45H,3-37H2,1-2H3,(H,42,46). The van der Waals surface area contributed by atoms with E-state index in [1.807, 2.05) is 0 Å². The lowest BCUT2D eigenvalue weighted by Crippen LogP contribution is -2.46. The van der Waals surface area contributed by atoms with E-state index in [-0.39, 0.29) is 18.9 Å². The van der Waals surface area contributed by atoms with E-state index in [2.05, 4.69) is 19.2 Å². The number of aliphatic hydroxyl groups excluding tert-OH is 3. The van der Waals surface area contributed by atoms with Crippen LogP contribution in [0.5, 0.6) is 0 Å². The van der Waals surface area contributed by atoms with Crippen LogP contribution in [0.2, 0.25) is 0 Å². The van der Waals surface area contributed by atoms with Crippen molar-refractivity contribution >= 4 is 5.91 Å². The van der Waals surface area contributed by atoms with E-state index in [0.717, 1.165) is 25.7 Å². The average Bonchev–Trinajstić information content (AvgIpc) is 3.05. The van der Waals surface area contributed by atoms with Gasteiger partial charge in [0.2, 0.25) is 5.91 Å². The minimum atomic E-state index is -0.742. The lowest BCUT2D eigenvalue weighted by molar-refractivity contribution is -0.125. The van der Waals surface area contributed by atoms with Gasteiger partial charge < -0.3 is 20.6 Å². The minimum Gasteiger partial charge on any atom is -0.394 e. The van der Waals surface area contributed by atoms with Gasteiger partial charge in [-0.25, -0.2) is 0 Å². The van der Waals surface area contributed by atoms with E-state index in [1.165, 1.54) is 173 Å². The first-order chi connectivity index (χ1) is 22.5. The molecule has 0 aromatic rings. The molecule has 3 unspecified atom stereocenters. The van der Waals surface area contributed by atoms with E-state index in [4.69, 9.17) is 0 Å². The molecular formula is C41H83NO4. The van der Waals surface area contributed by atoms with Crippen molar-refractivity contribution < 1.29 is 20.1 Å². The second kappa shape index (κ2) is 37.2. The fourth-order valence-corrected chi connectivity index (χ4v) is 6.70. The van der Waals surface area contributed by atoms with Crippen molar-refractivity contribution in [2.45, 2.75) is 250 Å². The fourth-order valence-electron chi connectivity index (χ4n) is 6.70. The van der Waals surface area contributed by atoms with E-state index in [0.29, 0.717) is 12.8 Å². The van der Waals surface area contributed by atoms with Crippen LogP contribution in [-0.2, 0) is 4.79 Å². The summed E-state index contributed by atoms with van der Waals surface area (Å²) < 4.78 is 0. The molecule has 0 saturated heterocycles. The summed E-state index contributed by atoms with van der Waals surface area (Å²) in [6.45, 7) is 4.26. The molecule has 0 aliphatic heterocycles. The molecule has 0 radical (unpaired) electrons. The molecule has 1 amide bonds. The maximum Gasteiger partial charge on any atom is 0.222 e. The van der Waals surface area contributed by atoms with E-state index in [9.17, 15) is 20.1 Å². The van der Waals surface area contributed by atoms with Crippen LogP contribution >= 0.6 is 0 Å². The number of carbonyl (C=O) groups excluding carboxylic acids is 1. The molecule has 4 N–H and O–H groups in total. The molecule has 46 heavy (non-hydrogen) atoms.